The molecule has 2 heterocycles. The molecule has 5 nitrogen and oxygen atoms in total. The Kier molecular flexibility index (Phi) is 3.96. The standard InChI is InChI=1S/C10H11BrClN5/c1-2-3-13-10-14-5-8(12)9(16-10)17-6-7(11)4-15-17/h4-6H,2-3H2,1H3,(H,13,14,16). The summed E-state index contributed by atoms with van der Waals surface area (Å²) in [7, 11) is 0. The van der Waals surface area contributed by atoms with E-state index in [9.17, 15) is 0 Å². The second kappa shape index (κ2) is 5.46. The molecule has 0 amide bonds. The van der Waals surface area contributed by atoms with Gasteiger partial charge in [-0.2, -0.15) is 10.1 Å². The van der Waals surface area contributed by atoms with E-state index in [1.54, 1.807) is 23.3 Å². The summed E-state index contributed by atoms with van der Waals surface area (Å²) in [6, 6.07) is 0. The predicted molar refractivity (Wildman–Crippen MR) is 70.6 cm³/mol. The van der Waals surface area contributed by atoms with E-state index in [1.807, 2.05) is 0 Å². The van der Waals surface area contributed by atoms with E-state index in [2.05, 4.69) is 43.2 Å². The van der Waals surface area contributed by atoms with E-state index in [-0.39, 0.29) is 0 Å². The van der Waals surface area contributed by atoms with Crippen molar-refractivity contribution in [2.75, 3.05) is 11.9 Å². The molecule has 2 aromatic heterocycles. The van der Waals surface area contributed by atoms with E-state index >= 15 is 0 Å². The summed E-state index contributed by atoms with van der Waals surface area (Å²) in [6.07, 6.45) is 6.04. The van der Waals surface area contributed by atoms with Gasteiger partial charge in [-0.1, -0.05) is 18.5 Å². The molecular weight excluding hydrogens is 306 g/mol. The monoisotopic (exact) mass is 315 g/mol. The zero-order chi connectivity index (χ0) is 12.3. The molecule has 0 aliphatic heterocycles. The maximum absolute atomic E-state index is 6.05. The Morgan fingerprint density at radius 1 is 1.47 bits per heavy atom. The maximum Gasteiger partial charge on any atom is 0.224 e. The Balaban J connectivity index is 2.32. The van der Waals surface area contributed by atoms with Gasteiger partial charge in [0.15, 0.2) is 5.82 Å². The van der Waals surface area contributed by atoms with Crippen molar-refractivity contribution in [3.05, 3.63) is 28.1 Å². The summed E-state index contributed by atoms with van der Waals surface area (Å²) in [5, 5.41) is 7.70. The number of anilines is 1. The maximum atomic E-state index is 6.05. The highest BCUT2D eigenvalue weighted by atomic mass is 79.9. The quantitative estimate of drug-likeness (QED) is 0.942. The lowest BCUT2D eigenvalue weighted by Gasteiger charge is -2.06. The molecule has 2 rings (SSSR count). The molecule has 0 fully saturated rings. The van der Waals surface area contributed by atoms with Crippen molar-refractivity contribution in [2.24, 2.45) is 0 Å². The van der Waals surface area contributed by atoms with Crippen molar-refractivity contribution >= 4 is 33.5 Å². The number of halogens is 2. The minimum absolute atomic E-state index is 0.461. The Morgan fingerprint density at radius 3 is 2.94 bits per heavy atom. The normalized spacial score (nSPS) is 10.5. The second-order valence-corrected chi connectivity index (χ2v) is 4.72. The molecular formula is C10H11BrClN5. The molecule has 0 saturated carbocycles. The minimum Gasteiger partial charge on any atom is -0.354 e. The number of nitrogens with zero attached hydrogens (tertiary/aromatic N) is 4. The second-order valence-electron chi connectivity index (χ2n) is 3.40. The largest absolute Gasteiger partial charge is 0.354 e. The van der Waals surface area contributed by atoms with Gasteiger partial charge in [0, 0.05) is 12.7 Å². The SMILES string of the molecule is CCCNc1ncc(Cl)c(-n2cc(Br)cn2)n1. The van der Waals surface area contributed by atoms with Crippen LogP contribution in [0.5, 0.6) is 0 Å². The zero-order valence-corrected chi connectivity index (χ0v) is 11.5. The fourth-order valence-electron chi connectivity index (χ4n) is 1.26. The molecule has 0 bridgehead atoms. The van der Waals surface area contributed by atoms with Crippen LogP contribution in [-0.2, 0) is 0 Å². The van der Waals surface area contributed by atoms with Gasteiger partial charge < -0.3 is 5.32 Å². The first-order chi connectivity index (χ1) is 8.20. The van der Waals surface area contributed by atoms with Gasteiger partial charge in [-0.25, -0.2) is 9.67 Å². The average Bonchev–Trinajstić information content (AvgIpc) is 2.75. The Bertz CT molecular complexity index is 513. The molecule has 0 saturated heterocycles. The first kappa shape index (κ1) is 12.3. The van der Waals surface area contributed by atoms with Gasteiger partial charge in [-0.05, 0) is 22.4 Å². The first-order valence-corrected chi connectivity index (χ1v) is 6.34. The molecule has 1 N–H and O–H groups in total. The van der Waals surface area contributed by atoms with Gasteiger partial charge in [0.25, 0.3) is 0 Å². The van der Waals surface area contributed by atoms with E-state index in [1.165, 1.54) is 0 Å². The molecule has 2 aromatic rings. The Labute approximate surface area is 112 Å². The molecule has 0 aromatic carbocycles. The highest BCUT2D eigenvalue weighted by Crippen LogP contribution is 2.19. The van der Waals surface area contributed by atoms with E-state index in [4.69, 9.17) is 11.6 Å². The first-order valence-electron chi connectivity index (χ1n) is 5.17. The molecule has 0 spiro atoms. The summed E-state index contributed by atoms with van der Waals surface area (Å²) in [6.45, 7) is 2.90. The average molecular weight is 317 g/mol. The molecule has 0 aliphatic carbocycles. The predicted octanol–water partition coefficient (Wildman–Crippen LogP) is 2.90. The molecule has 0 unspecified atom stereocenters. The lowest BCUT2D eigenvalue weighted by atomic mass is 10.5. The summed E-state index contributed by atoms with van der Waals surface area (Å²) in [4.78, 5) is 8.42. The number of hydrogen-bond donors (Lipinski definition) is 1. The lowest BCUT2D eigenvalue weighted by Crippen LogP contribution is -2.07. The topological polar surface area (TPSA) is 55.6 Å². The van der Waals surface area contributed by atoms with Gasteiger partial charge in [0.2, 0.25) is 5.95 Å². The van der Waals surface area contributed by atoms with Crippen molar-refractivity contribution < 1.29 is 0 Å². The van der Waals surface area contributed by atoms with Gasteiger partial charge in [-0.3, -0.25) is 0 Å². The number of hydrogen-bond acceptors (Lipinski definition) is 4. The number of nitrogens with one attached hydrogen (secondary N) is 1. The Morgan fingerprint density at radius 2 is 2.29 bits per heavy atom. The van der Waals surface area contributed by atoms with Crippen LogP contribution >= 0.6 is 27.5 Å². The summed E-state index contributed by atoms with van der Waals surface area (Å²) < 4.78 is 2.47. The molecule has 90 valence electrons. The van der Waals surface area contributed by atoms with E-state index in [0.717, 1.165) is 17.4 Å². The van der Waals surface area contributed by atoms with Crippen molar-refractivity contribution in [1.82, 2.24) is 19.7 Å². The van der Waals surface area contributed by atoms with Gasteiger partial charge >= 0.3 is 0 Å². The highest BCUT2D eigenvalue weighted by Gasteiger charge is 2.08. The zero-order valence-electron chi connectivity index (χ0n) is 9.19. The molecule has 17 heavy (non-hydrogen) atoms. The summed E-state index contributed by atoms with van der Waals surface area (Å²) >= 11 is 9.37. The number of aromatic nitrogens is 4. The van der Waals surface area contributed by atoms with Crippen molar-refractivity contribution in [2.45, 2.75) is 13.3 Å². The smallest absolute Gasteiger partial charge is 0.224 e. The van der Waals surface area contributed by atoms with Crippen molar-refractivity contribution in [3.63, 3.8) is 0 Å². The number of rotatable bonds is 4. The fraction of sp³-hybridized carbons (Fsp3) is 0.300. The van der Waals surface area contributed by atoms with Crippen LogP contribution in [0.3, 0.4) is 0 Å². The molecule has 0 atom stereocenters. The molecule has 7 heteroatoms. The minimum atomic E-state index is 0.461. The molecule has 0 aliphatic rings. The van der Waals surface area contributed by atoms with Gasteiger partial charge in [0.05, 0.1) is 16.9 Å². The van der Waals surface area contributed by atoms with E-state index in [0.29, 0.717) is 16.8 Å². The third kappa shape index (κ3) is 2.95. The van der Waals surface area contributed by atoms with Crippen LogP contribution < -0.4 is 5.32 Å². The lowest BCUT2D eigenvalue weighted by molar-refractivity contribution is 0.836. The van der Waals surface area contributed by atoms with Crippen LogP contribution in [0.25, 0.3) is 5.82 Å². The van der Waals surface area contributed by atoms with Crippen molar-refractivity contribution in [1.29, 1.82) is 0 Å². The van der Waals surface area contributed by atoms with Gasteiger partial charge in [0.1, 0.15) is 5.02 Å². The highest BCUT2D eigenvalue weighted by molar-refractivity contribution is 9.10. The Hall–Kier alpha value is -1.14. The fourth-order valence-corrected chi connectivity index (χ4v) is 1.72. The van der Waals surface area contributed by atoms with Gasteiger partial charge in [-0.15, -0.1) is 0 Å². The van der Waals surface area contributed by atoms with Crippen LogP contribution in [0.15, 0.2) is 23.1 Å². The van der Waals surface area contributed by atoms with Crippen LogP contribution in [0.2, 0.25) is 5.02 Å². The summed E-state index contributed by atoms with van der Waals surface area (Å²) in [5.41, 5.74) is 0. The third-order valence-corrected chi connectivity index (χ3v) is 2.70. The van der Waals surface area contributed by atoms with Crippen LogP contribution in [0.1, 0.15) is 13.3 Å². The summed E-state index contributed by atoms with van der Waals surface area (Å²) in [5.74, 6) is 1.11. The van der Waals surface area contributed by atoms with E-state index < -0.39 is 0 Å². The molecule has 0 radical (unpaired) electrons. The van der Waals surface area contributed by atoms with Crippen LogP contribution in [0, 0.1) is 0 Å². The third-order valence-electron chi connectivity index (χ3n) is 2.03. The van der Waals surface area contributed by atoms with Crippen LogP contribution in [0.4, 0.5) is 5.95 Å². The van der Waals surface area contributed by atoms with Crippen molar-refractivity contribution in [3.8, 4) is 5.82 Å². The van der Waals surface area contributed by atoms with Crippen LogP contribution in [-0.4, -0.2) is 26.3 Å².